The van der Waals surface area contributed by atoms with E-state index in [1.165, 1.54) is 20.0 Å². The van der Waals surface area contributed by atoms with Crippen LogP contribution in [-0.4, -0.2) is 7.85 Å². The molecule has 1 nitrogen and oxygen atoms in total. The van der Waals surface area contributed by atoms with Crippen molar-refractivity contribution in [1.82, 2.24) is 0 Å². The SMILES string of the molecule is Bc1ccc(OCc2ccccc2)c(F)c1F. The molecule has 0 aliphatic carbocycles. The van der Waals surface area contributed by atoms with Gasteiger partial charge in [0.25, 0.3) is 0 Å². The van der Waals surface area contributed by atoms with Gasteiger partial charge < -0.3 is 4.74 Å². The Labute approximate surface area is 99.4 Å². The molecule has 4 heteroatoms. The molecular formula is C13H11BF2O. The van der Waals surface area contributed by atoms with Crippen molar-refractivity contribution in [1.29, 1.82) is 0 Å². The van der Waals surface area contributed by atoms with Crippen LogP contribution in [0.3, 0.4) is 0 Å². The Morgan fingerprint density at radius 1 is 0.941 bits per heavy atom. The van der Waals surface area contributed by atoms with E-state index in [9.17, 15) is 8.78 Å². The molecule has 2 rings (SSSR count). The predicted molar refractivity (Wildman–Crippen MR) is 65.3 cm³/mol. The largest absolute Gasteiger partial charge is 0.486 e. The maximum Gasteiger partial charge on any atom is 0.200 e. The lowest BCUT2D eigenvalue weighted by atomic mass is 9.95. The minimum absolute atomic E-state index is 0.0584. The van der Waals surface area contributed by atoms with E-state index in [4.69, 9.17) is 4.74 Å². The summed E-state index contributed by atoms with van der Waals surface area (Å²) in [6.45, 7) is 0.222. The molecule has 0 heterocycles. The first-order valence-electron chi connectivity index (χ1n) is 5.30. The van der Waals surface area contributed by atoms with Crippen molar-refractivity contribution >= 4 is 13.3 Å². The average Bonchev–Trinajstić information content (AvgIpc) is 2.36. The molecule has 17 heavy (non-hydrogen) atoms. The van der Waals surface area contributed by atoms with Crippen LogP contribution in [0.15, 0.2) is 42.5 Å². The standard InChI is InChI=1S/C13H11BF2O/c14-10-6-7-11(13(16)12(10)15)17-8-9-4-2-1-3-5-9/h1-7H,8,14H2. The van der Waals surface area contributed by atoms with E-state index in [-0.39, 0.29) is 17.8 Å². The van der Waals surface area contributed by atoms with Gasteiger partial charge in [-0.2, -0.15) is 4.39 Å². The fraction of sp³-hybridized carbons (Fsp3) is 0.0769. The van der Waals surface area contributed by atoms with Crippen LogP contribution in [0.1, 0.15) is 5.56 Å². The van der Waals surface area contributed by atoms with Gasteiger partial charge in [-0.05, 0) is 11.6 Å². The van der Waals surface area contributed by atoms with E-state index in [1.807, 2.05) is 30.3 Å². The van der Waals surface area contributed by atoms with E-state index in [1.54, 1.807) is 0 Å². The quantitative estimate of drug-likeness (QED) is 0.733. The summed E-state index contributed by atoms with van der Waals surface area (Å²) < 4.78 is 32.0. The molecule has 2 aromatic carbocycles. The number of ether oxygens (including phenoxy) is 1. The van der Waals surface area contributed by atoms with E-state index in [0.717, 1.165) is 5.56 Å². The van der Waals surface area contributed by atoms with E-state index in [2.05, 4.69) is 0 Å². The minimum atomic E-state index is -0.930. The molecule has 0 aliphatic heterocycles. The Bertz CT molecular complexity index is 514. The van der Waals surface area contributed by atoms with Crippen molar-refractivity contribution in [2.45, 2.75) is 6.61 Å². The summed E-state index contributed by atoms with van der Waals surface area (Å²) in [5.41, 5.74) is 1.18. The van der Waals surface area contributed by atoms with Crippen LogP contribution in [0.25, 0.3) is 0 Å². The summed E-state index contributed by atoms with van der Waals surface area (Å²) in [6, 6.07) is 12.3. The van der Waals surface area contributed by atoms with Crippen molar-refractivity contribution in [3.8, 4) is 5.75 Å². The van der Waals surface area contributed by atoms with Crippen molar-refractivity contribution in [3.05, 3.63) is 59.7 Å². The van der Waals surface area contributed by atoms with Gasteiger partial charge in [0.2, 0.25) is 0 Å². The first kappa shape index (κ1) is 11.6. The maximum absolute atomic E-state index is 13.5. The van der Waals surface area contributed by atoms with Crippen LogP contribution in [-0.2, 0) is 6.61 Å². The van der Waals surface area contributed by atoms with Gasteiger partial charge in [0.05, 0.1) is 0 Å². The van der Waals surface area contributed by atoms with Crippen LogP contribution in [0.4, 0.5) is 8.78 Å². The second kappa shape index (κ2) is 5.00. The highest BCUT2D eigenvalue weighted by molar-refractivity contribution is 6.32. The third-order valence-corrected chi connectivity index (χ3v) is 2.48. The van der Waals surface area contributed by atoms with Gasteiger partial charge in [-0.1, -0.05) is 41.9 Å². The Morgan fingerprint density at radius 3 is 2.35 bits per heavy atom. The summed E-state index contributed by atoms with van der Waals surface area (Å²) in [4.78, 5) is 0. The summed E-state index contributed by atoms with van der Waals surface area (Å²) in [7, 11) is 1.51. The molecule has 86 valence electrons. The van der Waals surface area contributed by atoms with Crippen molar-refractivity contribution < 1.29 is 13.5 Å². The molecule has 0 radical (unpaired) electrons. The lowest BCUT2D eigenvalue weighted by Crippen LogP contribution is -2.11. The number of halogens is 2. The zero-order valence-electron chi connectivity index (χ0n) is 9.41. The second-order valence-electron chi connectivity index (χ2n) is 3.78. The van der Waals surface area contributed by atoms with Gasteiger partial charge >= 0.3 is 0 Å². The van der Waals surface area contributed by atoms with Gasteiger partial charge in [0.1, 0.15) is 14.5 Å². The number of hydrogen-bond donors (Lipinski definition) is 0. The number of rotatable bonds is 3. The predicted octanol–water partition coefficient (Wildman–Crippen LogP) is 1.80. The molecule has 0 aromatic heterocycles. The normalized spacial score (nSPS) is 10.2. The van der Waals surface area contributed by atoms with Crippen LogP contribution >= 0.6 is 0 Å². The molecule has 0 bridgehead atoms. The van der Waals surface area contributed by atoms with Crippen molar-refractivity contribution in [2.24, 2.45) is 0 Å². The highest BCUT2D eigenvalue weighted by atomic mass is 19.2. The number of benzene rings is 2. The van der Waals surface area contributed by atoms with Crippen LogP contribution in [0, 0.1) is 11.6 Å². The van der Waals surface area contributed by atoms with Gasteiger partial charge in [-0.3, -0.25) is 0 Å². The minimum Gasteiger partial charge on any atom is -0.486 e. The van der Waals surface area contributed by atoms with E-state index >= 15 is 0 Å². The first-order chi connectivity index (χ1) is 8.18. The Hall–Kier alpha value is -1.84. The molecule has 0 fully saturated rings. The lowest BCUT2D eigenvalue weighted by molar-refractivity contribution is 0.285. The topological polar surface area (TPSA) is 9.23 Å². The summed E-state index contributed by atoms with van der Waals surface area (Å²) in [6.07, 6.45) is 0. The smallest absolute Gasteiger partial charge is 0.200 e. The lowest BCUT2D eigenvalue weighted by Gasteiger charge is -2.08. The molecule has 0 saturated carbocycles. The van der Waals surface area contributed by atoms with Crippen LogP contribution in [0.5, 0.6) is 5.75 Å². The maximum atomic E-state index is 13.5. The first-order valence-corrected chi connectivity index (χ1v) is 5.30. The van der Waals surface area contributed by atoms with Crippen molar-refractivity contribution in [2.75, 3.05) is 0 Å². The van der Waals surface area contributed by atoms with Gasteiger partial charge in [-0.15, -0.1) is 0 Å². The van der Waals surface area contributed by atoms with Gasteiger partial charge in [0, 0.05) is 0 Å². The molecule has 0 saturated heterocycles. The zero-order valence-corrected chi connectivity index (χ0v) is 9.41. The highest BCUT2D eigenvalue weighted by Gasteiger charge is 2.11. The molecule has 0 N–H and O–H groups in total. The number of hydrogen-bond acceptors (Lipinski definition) is 1. The molecule has 0 aliphatic rings. The van der Waals surface area contributed by atoms with Crippen molar-refractivity contribution in [3.63, 3.8) is 0 Å². The van der Waals surface area contributed by atoms with E-state index < -0.39 is 11.6 Å². The Kier molecular flexibility index (Phi) is 3.42. The zero-order chi connectivity index (χ0) is 12.3. The Balaban J connectivity index is 2.13. The van der Waals surface area contributed by atoms with Gasteiger partial charge in [0.15, 0.2) is 17.4 Å². The van der Waals surface area contributed by atoms with E-state index in [0.29, 0.717) is 0 Å². The molecule has 0 atom stereocenters. The molecule has 0 unspecified atom stereocenters. The molecule has 2 aromatic rings. The van der Waals surface area contributed by atoms with Gasteiger partial charge in [-0.25, -0.2) is 4.39 Å². The molecule has 0 amide bonds. The monoisotopic (exact) mass is 232 g/mol. The third-order valence-electron chi connectivity index (χ3n) is 2.48. The Morgan fingerprint density at radius 2 is 1.65 bits per heavy atom. The highest BCUT2D eigenvalue weighted by Crippen LogP contribution is 2.19. The summed E-state index contributed by atoms with van der Waals surface area (Å²) in [5.74, 6) is -1.84. The van der Waals surface area contributed by atoms with Crippen LogP contribution in [0.2, 0.25) is 0 Å². The fourth-order valence-electron chi connectivity index (χ4n) is 1.48. The second-order valence-corrected chi connectivity index (χ2v) is 3.78. The fourth-order valence-corrected chi connectivity index (χ4v) is 1.48. The third kappa shape index (κ3) is 2.64. The molecular weight excluding hydrogens is 221 g/mol. The summed E-state index contributed by atoms with van der Waals surface area (Å²) in [5, 5.41) is 0. The summed E-state index contributed by atoms with van der Waals surface area (Å²) >= 11 is 0. The average molecular weight is 232 g/mol. The molecule has 0 spiro atoms. The van der Waals surface area contributed by atoms with Crippen LogP contribution < -0.4 is 10.2 Å².